The minimum absolute atomic E-state index is 0.240. The van der Waals surface area contributed by atoms with Crippen molar-refractivity contribution in [3.8, 4) is 0 Å². The maximum atomic E-state index is 13.1. The number of benzene rings is 2. The molecule has 1 spiro atoms. The van der Waals surface area contributed by atoms with Gasteiger partial charge in [0.15, 0.2) is 0 Å². The van der Waals surface area contributed by atoms with E-state index in [-0.39, 0.29) is 5.02 Å². The maximum absolute atomic E-state index is 13.1. The molecular formula is C23H25ClF3N. The third-order valence-electron chi connectivity index (χ3n) is 6.81. The van der Waals surface area contributed by atoms with Gasteiger partial charge in [0.1, 0.15) is 0 Å². The fraction of sp³-hybridized carbons (Fsp3) is 0.478. The van der Waals surface area contributed by atoms with Crippen molar-refractivity contribution >= 4 is 11.6 Å². The molecule has 5 heteroatoms. The first-order valence-electron chi connectivity index (χ1n) is 10.0. The van der Waals surface area contributed by atoms with Crippen molar-refractivity contribution in [2.45, 2.75) is 63.2 Å². The number of rotatable bonds is 4. The second-order valence-electron chi connectivity index (χ2n) is 8.33. The second kappa shape index (κ2) is 7.72. The van der Waals surface area contributed by atoms with Gasteiger partial charge >= 0.3 is 6.18 Å². The van der Waals surface area contributed by atoms with E-state index in [0.29, 0.717) is 29.5 Å². The summed E-state index contributed by atoms with van der Waals surface area (Å²) in [5.41, 5.74) is 1.64. The van der Waals surface area contributed by atoms with Crippen molar-refractivity contribution in [1.29, 1.82) is 0 Å². The summed E-state index contributed by atoms with van der Waals surface area (Å²) in [5, 5.41) is 3.30. The first kappa shape index (κ1) is 19.8. The number of hydrogen-bond donors (Lipinski definition) is 1. The summed E-state index contributed by atoms with van der Waals surface area (Å²) in [4.78, 5) is 0. The van der Waals surface area contributed by atoms with Crippen molar-refractivity contribution in [2.24, 2.45) is 5.41 Å². The van der Waals surface area contributed by atoms with E-state index < -0.39 is 11.7 Å². The van der Waals surface area contributed by atoms with E-state index in [4.69, 9.17) is 11.6 Å². The monoisotopic (exact) mass is 407 g/mol. The van der Waals surface area contributed by atoms with Crippen LogP contribution in [0.5, 0.6) is 0 Å². The minimum atomic E-state index is -4.42. The quantitative estimate of drug-likeness (QED) is 0.577. The molecule has 1 atom stereocenters. The summed E-state index contributed by atoms with van der Waals surface area (Å²) in [7, 11) is 0. The molecule has 0 aliphatic heterocycles. The van der Waals surface area contributed by atoms with Gasteiger partial charge in [0.2, 0.25) is 0 Å². The van der Waals surface area contributed by atoms with Crippen LogP contribution in [-0.4, -0.2) is 6.04 Å². The van der Waals surface area contributed by atoms with E-state index in [1.165, 1.54) is 49.8 Å². The van der Waals surface area contributed by atoms with Gasteiger partial charge in [0.05, 0.1) is 10.6 Å². The van der Waals surface area contributed by atoms with Gasteiger partial charge in [-0.3, -0.25) is 0 Å². The summed E-state index contributed by atoms with van der Waals surface area (Å²) in [6.45, 7) is 0.453. The zero-order chi connectivity index (χ0) is 19.8. The summed E-state index contributed by atoms with van der Waals surface area (Å²) >= 11 is 5.72. The highest BCUT2D eigenvalue weighted by atomic mass is 35.5. The lowest BCUT2D eigenvalue weighted by Gasteiger charge is -2.54. The van der Waals surface area contributed by atoms with Crippen LogP contribution in [0.1, 0.15) is 61.1 Å². The first-order chi connectivity index (χ1) is 13.4. The van der Waals surface area contributed by atoms with Gasteiger partial charge in [0.25, 0.3) is 0 Å². The second-order valence-corrected chi connectivity index (χ2v) is 8.74. The van der Waals surface area contributed by atoms with Crippen molar-refractivity contribution in [3.05, 3.63) is 70.2 Å². The van der Waals surface area contributed by atoms with Crippen LogP contribution in [0.2, 0.25) is 5.02 Å². The third-order valence-corrected chi connectivity index (χ3v) is 7.14. The molecule has 2 fully saturated rings. The SMILES string of the molecule is FC(F)(F)c1cc(CN[C@H]2CCC23CCC(c2ccccc2)CC3)ccc1Cl. The molecular weight excluding hydrogens is 383 g/mol. The molecule has 0 radical (unpaired) electrons. The Kier molecular flexibility index (Phi) is 5.45. The van der Waals surface area contributed by atoms with Gasteiger partial charge in [-0.05, 0) is 73.1 Å². The molecule has 0 unspecified atom stereocenters. The largest absolute Gasteiger partial charge is 0.417 e. The molecule has 0 amide bonds. The molecule has 4 rings (SSSR count). The summed E-state index contributed by atoms with van der Waals surface area (Å²) in [6, 6.07) is 15.3. The van der Waals surface area contributed by atoms with Crippen LogP contribution in [0.3, 0.4) is 0 Å². The van der Waals surface area contributed by atoms with Crippen LogP contribution in [0.4, 0.5) is 13.2 Å². The molecule has 2 aromatic rings. The average Bonchev–Trinajstić information content (AvgIpc) is 2.68. The number of nitrogens with one attached hydrogen (secondary N) is 1. The molecule has 2 aromatic carbocycles. The fourth-order valence-corrected chi connectivity index (χ4v) is 5.23. The predicted octanol–water partition coefficient (Wildman–Crippen LogP) is 6.96. The number of hydrogen-bond acceptors (Lipinski definition) is 1. The first-order valence-corrected chi connectivity index (χ1v) is 10.4. The Morgan fingerprint density at radius 1 is 0.964 bits per heavy atom. The number of halogens is 4. The molecule has 1 nitrogen and oxygen atoms in total. The Labute approximate surface area is 169 Å². The standard InChI is InChI=1S/C23H25ClF3N/c24-20-7-6-16(14-19(20)23(25,26)27)15-28-21-10-13-22(21)11-8-18(9-12-22)17-4-2-1-3-5-17/h1-7,14,18,21,28H,8-13,15H2/t18?,21-,22?/m0/s1. The number of alkyl halides is 3. The Balaban J connectivity index is 1.36. The topological polar surface area (TPSA) is 12.0 Å². The lowest BCUT2D eigenvalue weighted by atomic mass is 9.55. The van der Waals surface area contributed by atoms with Gasteiger partial charge in [-0.2, -0.15) is 13.2 Å². The van der Waals surface area contributed by atoms with Crippen LogP contribution in [0, 0.1) is 5.41 Å². The van der Waals surface area contributed by atoms with Crippen LogP contribution in [0.15, 0.2) is 48.5 Å². The maximum Gasteiger partial charge on any atom is 0.417 e. The lowest BCUT2D eigenvalue weighted by molar-refractivity contribution is -0.137. The summed E-state index contributed by atoms with van der Waals surface area (Å²) in [6.07, 6.45) is 2.69. The molecule has 0 bridgehead atoms. The smallest absolute Gasteiger partial charge is 0.309 e. The van der Waals surface area contributed by atoms with Gasteiger partial charge in [0, 0.05) is 12.6 Å². The van der Waals surface area contributed by atoms with Crippen molar-refractivity contribution in [3.63, 3.8) is 0 Å². The highest BCUT2D eigenvalue weighted by Crippen LogP contribution is 2.54. The molecule has 2 aliphatic rings. The molecule has 0 heterocycles. The fourth-order valence-electron chi connectivity index (χ4n) is 5.01. The van der Waals surface area contributed by atoms with Gasteiger partial charge < -0.3 is 5.32 Å². The Morgan fingerprint density at radius 2 is 1.64 bits per heavy atom. The molecule has 2 aliphatic carbocycles. The van der Waals surface area contributed by atoms with E-state index in [1.807, 2.05) is 0 Å². The van der Waals surface area contributed by atoms with E-state index >= 15 is 0 Å². The summed E-state index contributed by atoms with van der Waals surface area (Å²) in [5.74, 6) is 0.638. The van der Waals surface area contributed by atoms with E-state index in [9.17, 15) is 13.2 Å². The van der Waals surface area contributed by atoms with E-state index in [1.54, 1.807) is 6.07 Å². The van der Waals surface area contributed by atoms with Crippen LogP contribution in [-0.2, 0) is 12.7 Å². The highest BCUT2D eigenvalue weighted by Gasteiger charge is 2.48. The van der Waals surface area contributed by atoms with E-state index in [2.05, 4.69) is 35.6 Å². The highest BCUT2D eigenvalue weighted by molar-refractivity contribution is 6.31. The molecule has 2 saturated carbocycles. The molecule has 0 saturated heterocycles. The van der Waals surface area contributed by atoms with Crippen molar-refractivity contribution in [1.82, 2.24) is 5.32 Å². The zero-order valence-electron chi connectivity index (χ0n) is 15.7. The van der Waals surface area contributed by atoms with Crippen LogP contribution >= 0.6 is 11.6 Å². The molecule has 1 N–H and O–H groups in total. The average molecular weight is 408 g/mol. The Morgan fingerprint density at radius 3 is 2.25 bits per heavy atom. The molecule has 150 valence electrons. The normalized spacial score (nSPS) is 27.6. The van der Waals surface area contributed by atoms with Crippen LogP contribution in [0.25, 0.3) is 0 Å². The Bertz CT molecular complexity index is 810. The predicted molar refractivity (Wildman–Crippen MR) is 106 cm³/mol. The van der Waals surface area contributed by atoms with Gasteiger partial charge in [-0.1, -0.05) is 48.0 Å². The van der Waals surface area contributed by atoms with E-state index in [0.717, 1.165) is 6.42 Å². The van der Waals surface area contributed by atoms with Crippen molar-refractivity contribution in [2.75, 3.05) is 0 Å². The third kappa shape index (κ3) is 3.95. The summed E-state index contributed by atoms with van der Waals surface area (Å²) < 4.78 is 39.2. The lowest BCUT2D eigenvalue weighted by Crippen LogP contribution is -2.54. The van der Waals surface area contributed by atoms with Crippen molar-refractivity contribution < 1.29 is 13.2 Å². The minimum Gasteiger partial charge on any atom is -0.309 e. The van der Waals surface area contributed by atoms with Crippen LogP contribution < -0.4 is 5.32 Å². The zero-order valence-corrected chi connectivity index (χ0v) is 16.5. The molecule has 0 aromatic heterocycles. The van der Waals surface area contributed by atoms with Gasteiger partial charge in [-0.25, -0.2) is 0 Å². The van der Waals surface area contributed by atoms with Gasteiger partial charge in [-0.15, -0.1) is 0 Å². The molecule has 28 heavy (non-hydrogen) atoms. The Hall–Kier alpha value is -1.52.